The van der Waals surface area contributed by atoms with E-state index >= 15 is 0 Å². The minimum Gasteiger partial charge on any atom is -0.462 e. The quantitative estimate of drug-likeness (QED) is 0.799. The predicted molar refractivity (Wildman–Crippen MR) is 89.5 cm³/mol. The van der Waals surface area contributed by atoms with Crippen LogP contribution in [0.15, 0.2) is 34.4 Å². The smallest absolute Gasteiger partial charge is 0.350 e. The molecule has 0 spiro atoms. The number of dihydropyridines is 1. The number of aromatic nitrogens is 1. The lowest BCUT2D eigenvalue weighted by molar-refractivity contribution is 0.0531. The van der Waals surface area contributed by atoms with E-state index in [1.165, 1.54) is 11.3 Å². The molecule has 2 aliphatic rings. The van der Waals surface area contributed by atoms with Gasteiger partial charge < -0.3 is 4.74 Å². The van der Waals surface area contributed by atoms with Crippen molar-refractivity contribution in [3.05, 3.63) is 45.0 Å². The Labute approximate surface area is 138 Å². The van der Waals surface area contributed by atoms with Crippen LogP contribution in [0.1, 0.15) is 33.7 Å². The number of aliphatic imine (C=N–C) groups is 1. The molecule has 2 heterocycles. The van der Waals surface area contributed by atoms with Gasteiger partial charge in [-0.05, 0) is 31.6 Å². The van der Waals surface area contributed by atoms with Gasteiger partial charge in [-0.2, -0.15) is 5.26 Å². The minimum absolute atomic E-state index is 0.205. The van der Waals surface area contributed by atoms with Gasteiger partial charge in [0.1, 0.15) is 15.9 Å². The van der Waals surface area contributed by atoms with E-state index in [1.54, 1.807) is 19.9 Å². The molecular weight excluding hydrogens is 310 g/mol. The maximum atomic E-state index is 11.9. The zero-order valence-corrected chi connectivity index (χ0v) is 13.7. The molecule has 0 fully saturated rings. The summed E-state index contributed by atoms with van der Waals surface area (Å²) in [4.78, 5) is 21.3. The first-order valence-corrected chi connectivity index (χ1v) is 8.15. The van der Waals surface area contributed by atoms with E-state index in [9.17, 15) is 10.1 Å². The van der Waals surface area contributed by atoms with Gasteiger partial charge in [0, 0.05) is 18.2 Å². The lowest BCUT2D eigenvalue weighted by Crippen LogP contribution is -2.16. The highest BCUT2D eigenvalue weighted by molar-refractivity contribution is 7.14. The Hall–Kier alpha value is -2.52. The van der Waals surface area contributed by atoms with Crippen LogP contribution in [0.25, 0.3) is 5.57 Å². The second-order valence-corrected chi connectivity index (χ2v) is 6.14. The van der Waals surface area contributed by atoms with Crippen LogP contribution in [-0.4, -0.2) is 29.8 Å². The summed E-state index contributed by atoms with van der Waals surface area (Å²) in [7, 11) is 0. The summed E-state index contributed by atoms with van der Waals surface area (Å²) >= 11 is 1.29. The number of hydrogen-bond acceptors (Lipinski definition) is 6. The number of ether oxygens (including phenoxy) is 1. The average Bonchev–Trinajstić information content (AvgIpc) is 2.96. The number of nitriles is 1. The van der Waals surface area contributed by atoms with Gasteiger partial charge in [-0.1, -0.05) is 6.08 Å². The first kappa shape index (κ1) is 15.4. The average molecular weight is 325 g/mol. The zero-order chi connectivity index (χ0) is 16.4. The number of esters is 1. The fourth-order valence-electron chi connectivity index (χ4n) is 2.54. The topological polar surface area (TPSA) is 75.3 Å². The van der Waals surface area contributed by atoms with Gasteiger partial charge in [-0.3, -0.25) is 4.99 Å². The maximum absolute atomic E-state index is 11.9. The second-order valence-electron chi connectivity index (χ2n) is 5.14. The van der Waals surface area contributed by atoms with Crippen LogP contribution in [0.4, 0.5) is 0 Å². The fourth-order valence-corrected chi connectivity index (χ4v) is 3.49. The van der Waals surface area contributed by atoms with Crippen molar-refractivity contribution < 1.29 is 9.53 Å². The number of nitrogens with zero attached hydrogens (tertiary/aromatic N) is 3. The van der Waals surface area contributed by atoms with Crippen molar-refractivity contribution in [1.82, 2.24) is 4.98 Å². The summed E-state index contributed by atoms with van der Waals surface area (Å²) in [5.74, 6) is -0.353. The number of thiazole rings is 1. The van der Waals surface area contributed by atoms with Crippen LogP contribution in [0, 0.1) is 18.3 Å². The highest BCUT2D eigenvalue weighted by Crippen LogP contribution is 2.34. The van der Waals surface area contributed by atoms with E-state index in [4.69, 9.17) is 4.74 Å². The third kappa shape index (κ3) is 2.88. The summed E-state index contributed by atoms with van der Waals surface area (Å²) < 4.78 is 5.05. The molecule has 23 heavy (non-hydrogen) atoms. The van der Waals surface area contributed by atoms with Crippen LogP contribution < -0.4 is 0 Å². The van der Waals surface area contributed by atoms with Crippen LogP contribution >= 0.6 is 11.3 Å². The third-order valence-corrected chi connectivity index (χ3v) is 4.78. The molecule has 0 amide bonds. The van der Waals surface area contributed by atoms with Crippen molar-refractivity contribution in [3.63, 3.8) is 0 Å². The highest BCUT2D eigenvalue weighted by atomic mass is 32.1. The molecule has 0 saturated carbocycles. The van der Waals surface area contributed by atoms with Crippen LogP contribution in [0.2, 0.25) is 0 Å². The van der Waals surface area contributed by atoms with Crippen LogP contribution in [0.3, 0.4) is 0 Å². The lowest BCUT2D eigenvalue weighted by Gasteiger charge is -2.21. The first-order chi connectivity index (χ1) is 11.1. The zero-order valence-electron chi connectivity index (χ0n) is 12.9. The van der Waals surface area contributed by atoms with E-state index in [0.717, 1.165) is 17.6 Å². The van der Waals surface area contributed by atoms with E-state index in [2.05, 4.69) is 22.1 Å². The fraction of sp³-hybridized carbons (Fsp3) is 0.294. The predicted octanol–water partition coefficient (Wildman–Crippen LogP) is 3.24. The van der Waals surface area contributed by atoms with Crippen molar-refractivity contribution in [2.24, 2.45) is 4.99 Å². The normalized spacial score (nSPS) is 19.2. The van der Waals surface area contributed by atoms with Crippen molar-refractivity contribution in [2.45, 2.75) is 26.3 Å². The Kier molecular flexibility index (Phi) is 4.22. The van der Waals surface area contributed by atoms with Gasteiger partial charge in [0.2, 0.25) is 0 Å². The van der Waals surface area contributed by atoms with E-state index in [1.807, 2.05) is 12.3 Å². The van der Waals surface area contributed by atoms with Gasteiger partial charge in [0.05, 0.1) is 23.9 Å². The highest BCUT2D eigenvalue weighted by Gasteiger charge is 2.25. The lowest BCUT2D eigenvalue weighted by atomic mass is 9.89. The molecule has 1 atom stereocenters. The summed E-state index contributed by atoms with van der Waals surface area (Å²) in [5.41, 5.74) is 3.08. The van der Waals surface area contributed by atoms with Crippen molar-refractivity contribution in [1.29, 1.82) is 5.26 Å². The van der Waals surface area contributed by atoms with Crippen molar-refractivity contribution in [3.8, 4) is 6.07 Å². The molecule has 0 radical (unpaired) electrons. The summed E-state index contributed by atoms with van der Waals surface area (Å²) in [6.07, 6.45) is 8.45. The van der Waals surface area contributed by atoms with Crippen LogP contribution in [-0.2, 0) is 4.74 Å². The molecule has 1 aromatic rings. The molecule has 1 aromatic heterocycles. The number of carbonyl (C=O) groups excluding carboxylic acids is 1. The SMILES string of the molecule is CCOC(=O)c1sc(C2=CC3=CCC=NC3C(C#N)=C2)nc1C. The van der Waals surface area contributed by atoms with Gasteiger partial charge in [0.15, 0.2) is 0 Å². The number of carbonyl (C=O) groups is 1. The molecule has 0 saturated heterocycles. The molecule has 3 rings (SSSR count). The maximum Gasteiger partial charge on any atom is 0.350 e. The Morgan fingerprint density at radius 2 is 2.35 bits per heavy atom. The standard InChI is InChI=1S/C17H15N3O2S/c1-3-22-17(21)15-10(2)20-16(23-15)12-7-11-5-4-6-19-14(11)13(8-12)9-18/h5-8,14H,3-4H2,1-2H3. The number of allylic oxidation sites excluding steroid dienone is 3. The first-order valence-electron chi connectivity index (χ1n) is 7.34. The van der Waals surface area contributed by atoms with Gasteiger partial charge in [-0.15, -0.1) is 11.3 Å². The number of aryl methyl sites for hydroxylation is 1. The second kappa shape index (κ2) is 6.31. The molecule has 0 bridgehead atoms. The largest absolute Gasteiger partial charge is 0.462 e. The van der Waals surface area contributed by atoms with E-state index in [-0.39, 0.29) is 12.0 Å². The molecule has 0 aromatic carbocycles. The summed E-state index contributed by atoms with van der Waals surface area (Å²) in [6.45, 7) is 3.90. The number of hydrogen-bond donors (Lipinski definition) is 0. The minimum atomic E-state index is -0.353. The van der Waals surface area contributed by atoms with Gasteiger partial charge in [-0.25, -0.2) is 9.78 Å². The van der Waals surface area contributed by atoms with Crippen molar-refractivity contribution >= 4 is 29.1 Å². The third-order valence-electron chi connectivity index (χ3n) is 3.59. The summed E-state index contributed by atoms with van der Waals surface area (Å²) in [5, 5.41) is 10.1. The van der Waals surface area contributed by atoms with E-state index < -0.39 is 0 Å². The molecule has 1 aliphatic carbocycles. The number of fused-ring (bicyclic) bond motifs is 1. The number of rotatable bonds is 3. The summed E-state index contributed by atoms with van der Waals surface area (Å²) in [6, 6.07) is 2.01. The molecule has 5 nitrogen and oxygen atoms in total. The van der Waals surface area contributed by atoms with Crippen molar-refractivity contribution in [2.75, 3.05) is 6.61 Å². The Balaban J connectivity index is 1.99. The Bertz CT molecular complexity index is 821. The van der Waals surface area contributed by atoms with Gasteiger partial charge in [0.25, 0.3) is 0 Å². The van der Waals surface area contributed by atoms with Crippen LogP contribution in [0.5, 0.6) is 0 Å². The molecule has 1 aliphatic heterocycles. The molecule has 1 unspecified atom stereocenters. The molecule has 0 N–H and O–H groups in total. The molecule has 6 heteroatoms. The monoisotopic (exact) mass is 325 g/mol. The van der Waals surface area contributed by atoms with Gasteiger partial charge >= 0.3 is 5.97 Å². The molecular formula is C17H15N3O2S. The van der Waals surface area contributed by atoms with E-state index in [0.29, 0.717) is 27.8 Å². The Morgan fingerprint density at radius 1 is 1.52 bits per heavy atom. The molecule has 116 valence electrons. The Morgan fingerprint density at radius 3 is 3.09 bits per heavy atom.